The van der Waals surface area contributed by atoms with Crippen molar-refractivity contribution in [3.05, 3.63) is 59.4 Å². The normalized spacial score (nSPS) is 18.6. The summed E-state index contributed by atoms with van der Waals surface area (Å²) in [6.45, 7) is 1.06. The van der Waals surface area contributed by atoms with Crippen molar-refractivity contribution < 1.29 is 28.7 Å². The van der Waals surface area contributed by atoms with Gasteiger partial charge in [0, 0.05) is 18.5 Å². The van der Waals surface area contributed by atoms with E-state index >= 15 is 0 Å². The lowest BCUT2D eigenvalue weighted by atomic mass is 10.0. The van der Waals surface area contributed by atoms with Crippen LogP contribution in [0.3, 0.4) is 0 Å². The molecule has 0 bridgehead atoms. The van der Waals surface area contributed by atoms with E-state index in [1.807, 2.05) is 0 Å². The Balaban J connectivity index is 1.19. The maximum Gasteiger partial charge on any atom is 0.277 e. The SMILES string of the molecule is O=C1CCC(N2Cc3cc(-n4cc(C(=O)Nc5cccc6c5OCCO6)nn4)ccc3C2=O)C(=O)N1. The third-order valence-corrected chi connectivity index (χ3v) is 6.31. The van der Waals surface area contributed by atoms with Crippen LogP contribution in [-0.2, 0) is 16.1 Å². The van der Waals surface area contributed by atoms with Crippen molar-refractivity contribution in [2.24, 2.45) is 0 Å². The van der Waals surface area contributed by atoms with Gasteiger partial charge in [-0.3, -0.25) is 24.5 Å². The topological polar surface area (TPSA) is 145 Å². The third-order valence-electron chi connectivity index (χ3n) is 6.31. The highest BCUT2D eigenvalue weighted by Crippen LogP contribution is 2.37. The highest BCUT2D eigenvalue weighted by Gasteiger charge is 2.39. The van der Waals surface area contributed by atoms with Crippen molar-refractivity contribution in [3.8, 4) is 17.2 Å². The van der Waals surface area contributed by atoms with E-state index in [9.17, 15) is 19.2 Å². The highest BCUT2D eigenvalue weighted by atomic mass is 16.6. The molecule has 3 aliphatic rings. The molecule has 1 unspecified atom stereocenters. The zero-order chi connectivity index (χ0) is 24.8. The average Bonchev–Trinajstić information content (AvgIpc) is 3.50. The predicted octanol–water partition coefficient (Wildman–Crippen LogP) is 1.05. The standard InChI is InChI=1S/C24H20N6O6/c31-20-7-6-18(23(33)26-20)29-11-13-10-14(4-5-15(13)24(29)34)30-12-17(27-28-30)22(32)25-16-2-1-3-19-21(16)36-9-8-35-19/h1-5,10,12,18H,6-9,11H2,(H,25,32)(H,26,31,33). The molecule has 3 aromatic rings. The Morgan fingerprint density at radius 3 is 2.83 bits per heavy atom. The Bertz CT molecular complexity index is 1430. The second-order valence-corrected chi connectivity index (χ2v) is 8.57. The van der Waals surface area contributed by atoms with Crippen molar-refractivity contribution >= 4 is 29.3 Å². The summed E-state index contributed by atoms with van der Waals surface area (Å²) in [6, 6.07) is 9.67. The fourth-order valence-electron chi connectivity index (χ4n) is 4.56. The van der Waals surface area contributed by atoms with Gasteiger partial charge in [-0.25, -0.2) is 4.68 Å². The summed E-state index contributed by atoms with van der Waals surface area (Å²) in [7, 11) is 0. The molecular formula is C24H20N6O6. The van der Waals surface area contributed by atoms with Crippen LogP contribution in [0.1, 0.15) is 39.3 Å². The van der Waals surface area contributed by atoms with Gasteiger partial charge < -0.3 is 19.7 Å². The Morgan fingerprint density at radius 1 is 1.11 bits per heavy atom. The maximum absolute atomic E-state index is 12.9. The lowest BCUT2D eigenvalue weighted by Gasteiger charge is -2.29. The number of carbonyl (C=O) groups is 4. The van der Waals surface area contributed by atoms with Crippen LogP contribution >= 0.6 is 0 Å². The number of rotatable bonds is 4. The summed E-state index contributed by atoms with van der Waals surface area (Å²) in [4.78, 5) is 50.9. The largest absolute Gasteiger partial charge is 0.486 e. The molecule has 1 aromatic heterocycles. The first kappa shape index (κ1) is 21.8. The van der Waals surface area contributed by atoms with Crippen molar-refractivity contribution in [2.45, 2.75) is 25.4 Å². The van der Waals surface area contributed by atoms with Crippen LogP contribution in [0.5, 0.6) is 11.5 Å². The lowest BCUT2D eigenvalue weighted by molar-refractivity contribution is -0.136. The lowest BCUT2D eigenvalue weighted by Crippen LogP contribution is -2.52. The second-order valence-electron chi connectivity index (χ2n) is 8.57. The number of nitrogens with one attached hydrogen (secondary N) is 2. The van der Waals surface area contributed by atoms with Gasteiger partial charge >= 0.3 is 0 Å². The maximum atomic E-state index is 12.9. The van der Waals surface area contributed by atoms with Crippen LogP contribution in [-0.4, -0.2) is 62.8 Å². The zero-order valence-corrected chi connectivity index (χ0v) is 18.9. The van der Waals surface area contributed by atoms with Crippen molar-refractivity contribution in [3.63, 3.8) is 0 Å². The van der Waals surface area contributed by atoms with Crippen molar-refractivity contribution in [1.82, 2.24) is 25.2 Å². The number of para-hydroxylation sites is 1. The van der Waals surface area contributed by atoms with Gasteiger partial charge in [-0.15, -0.1) is 5.10 Å². The predicted molar refractivity (Wildman–Crippen MR) is 123 cm³/mol. The van der Waals surface area contributed by atoms with Crippen LogP contribution in [0.15, 0.2) is 42.6 Å². The number of hydrogen-bond acceptors (Lipinski definition) is 8. The number of amides is 4. The van der Waals surface area contributed by atoms with E-state index < -0.39 is 17.9 Å². The van der Waals surface area contributed by atoms with Gasteiger partial charge in [0.2, 0.25) is 11.8 Å². The molecule has 1 saturated heterocycles. The van der Waals surface area contributed by atoms with E-state index in [2.05, 4.69) is 20.9 Å². The molecule has 0 spiro atoms. The molecule has 0 radical (unpaired) electrons. The number of aromatic nitrogens is 3. The van der Waals surface area contributed by atoms with E-state index in [0.717, 1.165) is 5.56 Å². The molecule has 12 heteroatoms. The summed E-state index contributed by atoms with van der Waals surface area (Å²) in [6.07, 6.45) is 1.97. The van der Waals surface area contributed by atoms with E-state index in [4.69, 9.17) is 9.47 Å². The molecule has 6 rings (SSSR count). The van der Waals surface area contributed by atoms with Crippen LogP contribution in [0.2, 0.25) is 0 Å². The summed E-state index contributed by atoms with van der Waals surface area (Å²) in [5.41, 5.74) is 2.36. The van der Waals surface area contributed by atoms with Gasteiger partial charge in [0.1, 0.15) is 19.3 Å². The molecule has 0 saturated carbocycles. The minimum Gasteiger partial charge on any atom is -0.486 e. The first-order valence-corrected chi connectivity index (χ1v) is 11.4. The van der Waals surface area contributed by atoms with Crippen molar-refractivity contribution in [1.29, 1.82) is 0 Å². The number of carbonyl (C=O) groups excluding carboxylic acids is 4. The first-order chi connectivity index (χ1) is 17.5. The smallest absolute Gasteiger partial charge is 0.277 e. The Labute approximate surface area is 204 Å². The Kier molecular flexibility index (Phi) is 5.13. The number of benzene rings is 2. The molecule has 4 heterocycles. The van der Waals surface area contributed by atoms with Gasteiger partial charge in [0.05, 0.1) is 17.6 Å². The molecule has 2 N–H and O–H groups in total. The Morgan fingerprint density at radius 2 is 1.97 bits per heavy atom. The minimum absolute atomic E-state index is 0.0890. The van der Waals surface area contributed by atoms with E-state index in [0.29, 0.717) is 48.1 Å². The van der Waals surface area contributed by atoms with Crippen molar-refractivity contribution in [2.75, 3.05) is 18.5 Å². The monoisotopic (exact) mass is 488 g/mol. The van der Waals surface area contributed by atoms with Crippen LogP contribution in [0.25, 0.3) is 5.69 Å². The fourth-order valence-corrected chi connectivity index (χ4v) is 4.56. The number of imide groups is 1. The van der Waals surface area contributed by atoms with E-state index in [1.165, 1.54) is 15.8 Å². The molecular weight excluding hydrogens is 468 g/mol. The van der Waals surface area contributed by atoms with Crippen LogP contribution in [0.4, 0.5) is 5.69 Å². The number of anilines is 1. The summed E-state index contributed by atoms with van der Waals surface area (Å²) >= 11 is 0. The molecule has 1 atom stereocenters. The number of piperidine rings is 1. The van der Waals surface area contributed by atoms with E-state index in [1.54, 1.807) is 36.4 Å². The van der Waals surface area contributed by atoms with Gasteiger partial charge in [0.15, 0.2) is 17.2 Å². The third kappa shape index (κ3) is 3.72. The summed E-state index contributed by atoms with van der Waals surface area (Å²) in [5.74, 6) is -0.501. The molecule has 2 aromatic carbocycles. The van der Waals surface area contributed by atoms with E-state index in [-0.39, 0.29) is 30.5 Å². The van der Waals surface area contributed by atoms with Crippen LogP contribution < -0.4 is 20.1 Å². The number of fused-ring (bicyclic) bond motifs is 2. The molecule has 36 heavy (non-hydrogen) atoms. The average molecular weight is 488 g/mol. The number of nitrogens with zero attached hydrogens (tertiary/aromatic N) is 4. The van der Waals surface area contributed by atoms with Gasteiger partial charge in [-0.2, -0.15) is 0 Å². The van der Waals surface area contributed by atoms with Crippen LogP contribution in [0, 0.1) is 0 Å². The zero-order valence-electron chi connectivity index (χ0n) is 18.9. The molecule has 12 nitrogen and oxygen atoms in total. The number of hydrogen-bond donors (Lipinski definition) is 2. The van der Waals surface area contributed by atoms with Gasteiger partial charge in [-0.05, 0) is 42.3 Å². The Hall–Kier alpha value is -4.74. The highest BCUT2D eigenvalue weighted by molar-refractivity contribution is 6.05. The minimum atomic E-state index is -0.689. The van der Waals surface area contributed by atoms with Gasteiger partial charge in [-0.1, -0.05) is 11.3 Å². The molecule has 4 amide bonds. The van der Waals surface area contributed by atoms with Gasteiger partial charge in [0.25, 0.3) is 11.8 Å². The summed E-state index contributed by atoms with van der Waals surface area (Å²) in [5, 5.41) is 13.1. The number of ether oxygens (including phenoxy) is 2. The first-order valence-electron chi connectivity index (χ1n) is 11.4. The molecule has 1 fully saturated rings. The quantitative estimate of drug-likeness (QED) is 0.519. The second kappa shape index (κ2) is 8.48. The molecule has 0 aliphatic carbocycles. The summed E-state index contributed by atoms with van der Waals surface area (Å²) < 4.78 is 12.6. The fraction of sp³-hybridized carbons (Fsp3) is 0.250. The molecule has 182 valence electrons. The molecule has 3 aliphatic heterocycles.